The maximum atomic E-state index is 10.9. The summed E-state index contributed by atoms with van der Waals surface area (Å²) in [5.41, 5.74) is 2.34. The van der Waals surface area contributed by atoms with Crippen LogP contribution in [0.15, 0.2) is 30.3 Å². The van der Waals surface area contributed by atoms with Gasteiger partial charge in [-0.3, -0.25) is 5.10 Å². The molecule has 6 heteroatoms. The summed E-state index contributed by atoms with van der Waals surface area (Å²) in [5.74, 6) is -1.04. The molecule has 0 fully saturated rings. The van der Waals surface area contributed by atoms with Crippen molar-refractivity contribution in [1.82, 2.24) is 10.2 Å². The molecule has 1 unspecified atom stereocenters. The highest BCUT2D eigenvalue weighted by Crippen LogP contribution is 2.29. The predicted octanol–water partition coefficient (Wildman–Crippen LogP) is 2.11. The number of carbonyl (C=O) groups is 1. The van der Waals surface area contributed by atoms with Crippen molar-refractivity contribution in [1.29, 1.82) is 0 Å². The summed E-state index contributed by atoms with van der Waals surface area (Å²) in [6.45, 7) is 0.406. The fourth-order valence-corrected chi connectivity index (χ4v) is 2.02. The zero-order valence-corrected chi connectivity index (χ0v) is 11.3. The van der Waals surface area contributed by atoms with Crippen LogP contribution >= 0.6 is 0 Å². The van der Waals surface area contributed by atoms with Gasteiger partial charge in [0.1, 0.15) is 11.8 Å². The van der Waals surface area contributed by atoms with Crippen LogP contribution in [0, 0.1) is 0 Å². The van der Waals surface area contributed by atoms with Gasteiger partial charge in [-0.25, -0.2) is 4.79 Å². The lowest BCUT2D eigenvalue weighted by Gasteiger charge is -2.17. The molecule has 6 nitrogen and oxygen atoms in total. The molecule has 0 spiro atoms. The van der Waals surface area contributed by atoms with Crippen molar-refractivity contribution in [3.8, 4) is 11.3 Å². The van der Waals surface area contributed by atoms with Crippen LogP contribution in [0.1, 0.15) is 22.2 Å². The van der Waals surface area contributed by atoms with Gasteiger partial charge in [0.15, 0.2) is 0 Å². The number of H-pyrrole nitrogens is 1. The number of aromatic amines is 1. The van der Waals surface area contributed by atoms with Gasteiger partial charge in [0.25, 0.3) is 0 Å². The first kappa shape index (κ1) is 14.2. The summed E-state index contributed by atoms with van der Waals surface area (Å²) in [7, 11) is 3.21. The van der Waals surface area contributed by atoms with Crippen molar-refractivity contribution in [2.24, 2.45) is 0 Å². The van der Waals surface area contributed by atoms with E-state index in [1.807, 2.05) is 24.3 Å². The van der Waals surface area contributed by atoms with Crippen molar-refractivity contribution >= 4 is 5.97 Å². The minimum absolute atomic E-state index is 0.0514. The maximum absolute atomic E-state index is 10.9. The van der Waals surface area contributed by atoms with Gasteiger partial charge in [-0.05, 0) is 11.6 Å². The third-order valence-electron chi connectivity index (χ3n) is 2.99. The van der Waals surface area contributed by atoms with E-state index in [4.69, 9.17) is 14.6 Å². The lowest BCUT2D eigenvalue weighted by molar-refractivity contribution is 0.0278. The maximum Gasteiger partial charge on any atom is 0.353 e. The van der Waals surface area contributed by atoms with Crippen LogP contribution < -0.4 is 0 Å². The molecular formula is C14H16N2O4. The van der Waals surface area contributed by atoms with E-state index < -0.39 is 5.97 Å². The molecule has 0 saturated carbocycles. The van der Waals surface area contributed by atoms with Crippen LogP contribution in [0.3, 0.4) is 0 Å². The molecule has 0 bridgehead atoms. The van der Waals surface area contributed by atoms with Crippen molar-refractivity contribution in [3.05, 3.63) is 41.6 Å². The molecular weight excluding hydrogens is 260 g/mol. The first-order chi connectivity index (χ1) is 9.67. The Morgan fingerprint density at radius 1 is 1.40 bits per heavy atom. The van der Waals surface area contributed by atoms with E-state index in [9.17, 15) is 4.79 Å². The Morgan fingerprint density at radius 3 is 2.75 bits per heavy atom. The summed E-state index contributed by atoms with van der Waals surface area (Å²) >= 11 is 0. The second-order valence-corrected chi connectivity index (χ2v) is 4.24. The minimum atomic E-state index is -1.04. The molecule has 0 radical (unpaired) electrons. The van der Waals surface area contributed by atoms with Crippen molar-refractivity contribution in [3.63, 3.8) is 0 Å². The van der Waals surface area contributed by atoms with Gasteiger partial charge < -0.3 is 14.6 Å². The number of hydrogen-bond acceptors (Lipinski definition) is 4. The average molecular weight is 276 g/mol. The molecule has 0 aliphatic rings. The van der Waals surface area contributed by atoms with E-state index in [1.165, 1.54) is 6.07 Å². The number of methoxy groups -OCH3 is 2. The first-order valence-corrected chi connectivity index (χ1v) is 6.07. The third-order valence-corrected chi connectivity index (χ3v) is 2.99. The molecule has 1 atom stereocenters. The lowest BCUT2D eigenvalue weighted by Crippen LogP contribution is -2.09. The Hall–Kier alpha value is -2.18. The van der Waals surface area contributed by atoms with Gasteiger partial charge in [-0.15, -0.1) is 0 Å². The molecule has 1 heterocycles. The van der Waals surface area contributed by atoms with E-state index in [-0.39, 0.29) is 11.8 Å². The van der Waals surface area contributed by atoms with Gasteiger partial charge in [0.2, 0.25) is 0 Å². The molecule has 0 amide bonds. The van der Waals surface area contributed by atoms with Crippen LogP contribution in [0.2, 0.25) is 0 Å². The number of nitrogens with one attached hydrogen (secondary N) is 1. The zero-order chi connectivity index (χ0) is 14.5. The molecule has 0 aliphatic heterocycles. The Labute approximate surface area is 116 Å². The van der Waals surface area contributed by atoms with Gasteiger partial charge >= 0.3 is 5.97 Å². The van der Waals surface area contributed by atoms with Crippen molar-refractivity contribution in [2.75, 3.05) is 20.8 Å². The van der Waals surface area contributed by atoms with Crippen LogP contribution in [-0.2, 0) is 9.47 Å². The van der Waals surface area contributed by atoms with Gasteiger partial charge in [0.05, 0.1) is 12.3 Å². The first-order valence-electron chi connectivity index (χ1n) is 6.07. The second-order valence-electron chi connectivity index (χ2n) is 4.24. The summed E-state index contributed by atoms with van der Waals surface area (Å²) in [5, 5.41) is 15.5. The second kappa shape index (κ2) is 6.31. The van der Waals surface area contributed by atoms with E-state index in [0.717, 1.165) is 11.1 Å². The van der Waals surface area contributed by atoms with Crippen molar-refractivity contribution < 1.29 is 19.4 Å². The van der Waals surface area contributed by atoms with Crippen molar-refractivity contribution in [2.45, 2.75) is 6.10 Å². The van der Waals surface area contributed by atoms with Gasteiger partial charge in [0, 0.05) is 19.8 Å². The topological polar surface area (TPSA) is 84.4 Å². The molecule has 0 aliphatic carbocycles. The van der Waals surface area contributed by atoms with Crippen LogP contribution in [0.25, 0.3) is 11.3 Å². The highest BCUT2D eigenvalue weighted by molar-refractivity contribution is 5.87. The van der Waals surface area contributed by atoms with Crippen LogP contribution in [0.5, 0.6) is 0 Å². The van der Waals surface area contributed by atoms with E-state index in [2.05, 4.69) is 10.2 Å². The summed E-state index contributed by atoms with van der Waals surface area (Å²) in [6.07, 6.45) is -0.235. The fourth-order valence-electron chi connectivity index (χ4n) is 2.02. The number of hydrogen-bond donors (Lipinski definition) is 2. The summed E-state index contributed by atoms with van der Waals surface area (Å²) in [6, 6.07) is 9.05. The molecule has 2 N–H and O–H groups in total. The fraction of sp³-hybridized carbons (Fsp3) is 0.286. The van der Waals surface area contributed by atoms with Gasteiger partial charge in [-0.2, -0.15) is 5.10 Å². The number of carboxylic acid groups (broad SMARTS) is 1. The lowest BCUT2D eigenvalue weighted by atomic mass is 10.00. The molecule has 1 aromatic heterocycles. The number of aromatic nitrogens is 2. The number of ether oxygens (including phenoxy) is 2. The third kappa shape index (κ3) is 2.87. The van der Waals surface area contributed by atoms with Crippen LogP contribution in [0.4, 0.5) is 0 Å². The number of nitrogens with zero attached hydrogens (tertiary/aromatic N) is 1. The van der Waals surface area contributed by atoms with E-state index >= 15 is 0 Å². The number of carboxylic acids is 1. The molecule has 106 valence electrons. The number of benzene rings is 1. The normalized spacial score (nSPS) is 12.3. The Bertz CT molecular complexity index is 594. The molecule has 20 heavy (non-hydrogen) atoms. The molecule has 2 rings (SSSR count). The molecule has 0 saturated heterocycles. The van der Waals surface area contributed by atoms with Gasteiger partial charge in [-0.1, -0.05) is 24.3 Å². The van der Waals surface area contributed by atoms with E-state index in [1.54, 1.807) is 14.2 Å². The quantitative estimate of drug-likeness (QED) is 0.844. The standard InChI is InChI=1S/C14H16N2O4/c1-19-8-13(20-2)10-6-4-3-5-9(10)11-7-12(14(17)18)16-15-11/h3-7,13H,8H2,1-2H3,(H,15,16)(H,17,18). The van der Waals surface area contributed by atoms with Crippen LogP contribution in [-0.4, -0.2) is 42.1 Å². The summed E-state index contributed by atoms with van der Waals surface area (Å²) < 4.78 is 10.6. The zero-order valence-electron chi connectivity index (χ0n) is 11.3. The predicted molar refractivity (Wildman–Crippen MR) is 72.6 cm³/mol. The number of aromatic carboxylic acids is 1. The molecule has 2 aromatic rings. The highest BCUT2D eigenvalue weighted by atomic mass is 16.5. The monoisotopic (exact) mass is 276 g/mol. The Kier molecular flexibility index (Phi) is 4.49. The SMILES string of the molecule is COCC(OC)c1ccccc1-c1cc(C(=O)O)[nH]n1. The highest BCUT2D eigenvalue weighted by Gasteiger charge is 2.18. The Balaban J connectivity index is 2.42. The number of rotatable bonds is 6. The Morgan fingerprint density at radius 2 is 2.15 bits per heavy atom. The average Bonchev–Trinajstić information content (AvgIpc) is 2.95. The largest absolute Gasteiger partial charge is 0.477 e. The summed E-state index contributed by atoms with van der Waals surface area (Å²) in [4.78, 5) is 10.9. The van der Waals surface area contributed by atoms with E-state index in [0.29, 0.717) is 12.3 Å². The molecule has 1 aromatic carbocycles. The minimum Gasteiger partial charge on any atom is -0.477 e. The smallest absolute Gasteiger partial charge is 0.353 e.